The van der Waals surface area contributed by atoms with Crippen molar-refractivity contribution in [2.24, 2.45) is 0 Å². The lowest BCUT2D eigenvalue weighted by Gasteiger charge is -1.86. The highest BCUT2D eigenvalue weighted by atomic mass is 15.3. The molecule has 7 nitrogen and oxygen atoms in total. The Labute approximate surface area is 154 Å². The molecule has 0 bridgehead atoms. The van der Waals surface area contributed by atoms with Gasteiger partial charge in [-0.25, -0.2) is 4.98 Å². The molecule has 4 heterocycles. The van der Waals surface area contributed by atoms with E-state index in [-0.39, 0.29) is 0 Å². The predicted molar refractivity (Wildman–Crippen MR) is 105 cm³/mol. The number of nitrogens with zero attached hydrogens (tertiary/aromatic N) is 5. The second kappa shape index (κ2) is 7.92. The van der Waals surface area contributed by atoms with Gasteiger partial charge in [0, 0.05) is 11.6 Å². The van der Waals surface area contributed by atoms with Gasteiger partial charge in [-0.1, -0.05) is 36.4 Å². The number of para-hydroxylation sites is 3. The van der Waals surface area contributed by atoms with Crippen LogP contribution in [0.4, 0.5) is 0 Å². The molecule has 0 amide bonds. The lowest BCUT2D eigenvalue weighted by Crippen LogP contribution is -1.75. The predicted octanol–water partition coefficient (Wildman–Crippen LogP) is 3.86. The summed E-state index contributed by atoms with van der Waals surface area (Å²) in [6.07, 6.45) is 7.41. The molecular weight excluding hydrogens is 338 g/mol. The Morgan fingerprint density at radius 2 is 1.48 bits per heavy atom. The molecule has 132 valence electrons. The monoisotopic (exact) mass is 355 g/mol. The average Bonchev–Trinajstić information content (AvgIpc) is 3.48. The van der Waals surface area contributed by atoms with Crippen LogP contribution in [0.1, 0.15) is 0 Å². The van der Waals surface area contributed by atoms with Crippen LogP contribution in [0.5, 0.6) is 0 Å². The highest BCUT2D eigenvalue weighted by molar-refractivity contribution is 5.77. The van der Waals surface area contributed by atoms with Crippen molar-refractivity contribution >= 4 is 27.5 Å². The molecule has 0 atom stereocenters. The van der Waals surface area contributed by atoms with Gasteiger partial charge >= 0.3 is 0 Å². The minimum Gasteiger partial charge on any atom is -0.306 e. The first kappa shape index (κ1) is 16.5. The molecule has 0 aliphatic heterocycles. The molecule has 4 aromatic heterocycles. The van der Waals surface area contributed by atoms with Gasteiger partial charge in [-0.2, -0.15) is 20.5 Å². The summed E-state index contributed by atoms with van der Waals surface area (Å²) in [7, 11) is 0. The van der Waals surface area contributed by atoms with E-state index in [4.69, 9.17) is 0 Å². The normalized spacial score (nSPS) is 10.2. The zero-order chi connectivity index (χ0) is 18.3. The molecule has 0 aliphatic rings. The van der Waals surface area contributed by atoms with E-state index in [0.717, 1.165) is 27.5 Å². The Kier molecular flexibility index (Phi) is 4.83. The number of fused-ring (bicyclic) bond motifs is 3. The summed E-state index contributed by atoms with van der Waals surface area (Å²) >= 11 is 0. The molecule has 0 fully saturated rings. The maximum absolute atomic E-state index is 3.96. The van der Waals surface area contributed by atoms with Gasteiger partial charge in [0.05, 0.1) is 29.8 Å². The van der Waals surface area contributed by atoms with Crippen LogP contribution in [-0.4, -0.2) is 35.0 Å². The number of aromatic nitrogens is 7. The SMILES string of the molecule is c1ccc2[nH]ncc2c1.c1ccc2n[nH]nc2c1.c1ccn2cncc2c1. The molecule has 0 radical (unpaired) electrons. The number of nitrogens with one attached hydrogen (secondary N) is 2. The van der Waals surface area contributed by atoms with Crippen molar-refractivity contribution in [2.75, 3.05) is 0 Å². The summed E-state index contributed by atoms with van der Waals surface area (Å²) in [4.78, 5) is 3.96. The molecule has 27 heavy (non-hydrogen) atoms. The first-order valence-electron chi connectivity index (χ1n) is 8.40. The van der Waals surface area contributed by atoms with E-state index in [1.54, 1.807) is 6.33 Å². The largest absolute Gasteiger partial charge is 0.306 e. The van der Waals surface area contributed by atoms with Crippen LogP contribution in [0, 0.1) is 0 Å². The van der Waals surface area contributed by atoms with Crippen molar-refractivity contribution in [3.05, 3.63) is 91.6 Å². The minimum absolute atomic E-state index is 0.914. The van der Waals surface area contributed by atoms with Gasteiger partial charge in [-0.3, -0.25) is 5.10 Å². The van der Waals surface area contributed by atoms with Crippen molar-refractivity contribution in [1.29, 1.82) is 0 Å². The standard InChI is InChI=1S/2C7H6N2.C6H5N3/c1-2-4-9-6-8-5-7(9)3-1;1-2-4-7-6(3-1)5-8-9-7;1-2-4-6-5(3-1)7-9-8-6/h1-6H;1-5H,(H,8,9);1-4H,(H,7,8,9). The zero-order valence-corrected chi connectivity index (χ0v) is 14.4. The smallest absolute Gasteiger partial charge is 0.112 e. The quantitative estimate of drug-likeness (QED) is 0.433. The number of hydrogen-bond donors (Lipinski definition) is 2. The summed E-state index contributed by atoms with van der Waals surface area (Å²) in [6.45, 7) is 0. The minimum atomic E-state index is 0.914. The fraction of sp³-hybridized carbons (Fsp3) is 0. The maximum Gasteiger partial charge on any atom is 0.112 e. The van der Waals surface area contributed by atoms with Crippen LogP contribution < -0.4 is 0 Å². The van der Waals surface area contributed by atoms with Gasteiger partial charge < -0.3 is 4.40 Å². The van der Waals surface area contributed by atoms with E-state index in [1.807, 2.05) is 89.7 Å². The zero-order valence-electron chi connectivity index (χ0n) is 14.4. The van der Waals surface area contributed by atoms with E-state index < -0.39 is 0 Å². The summed E-state index contributed by atoms with van der Waals surface area (Å²) in [5.41, 5.74) is 4.06. The maximum atomic E-state index is 3.96. The van der Waals surface area contributed by atoms with Gasteiger partial charge in [0.1, 0.15) is 11.0 Å². The van der Waals surface area contributed by atoms with Gasteiger partial charge in [0.15, 0.2) is 0 Å². The molecule has 0 saturated heterocycles. The first-order valence-corrected chi connectivity index (χ1v) is 8.40. The molecule has 6 aromatic rings. The van der Waals surface area contributed by atoms with Crippen molar-refractivity contribution in [3.63, 3.8) is 0 Å². The van der Waals surface area contributed by atoms with Crippen LogP contribution in [-0.2, 0) is 0 Å². The van der Waals surface area contributed by atoms with E-state index in [9.17, 15) is 0 Å². The Morgan fingerprint density at radius 1 is 0.741 bits per heavy atom. The number of pyridine rings is 1. The molecule has 2 N–H and O–H groups in total. The Balaban J connectivity index is 0.0000001000. The lowest BCUT2D eigenvalue weighted by molar-refractivity contribution is 0.959. The fourth-order valence-electron chi connectivity index (χ4n) is 2.53. The number of imidazole rings is 1. The first-order chi connectivity index (χ1) is 13.4. The summed E-state index contributed by atoms with van der Waals surface area (Å²) in [5, 5.41) is 18.2. The van der Waals surface area contributed by atoms with Crippen LogP contribution in [0.2, 0.25) is 0 Å². The van der Waals surface area contributed by atoms with Crippen LogP contribution in [0.15, 0.2) is 91.6 Å². The van der Waals surface area contributed by atoms with Crippen LogP contribution in [0.3, 0.4) is 0 Å². The molecule has 0 saturated carbocycles. The fourth-order valence-corrected chi connectivity index (χ4v) is 2.53. The number of hydrogen-bond acceptors (Lipinski definition) is 4. The average molecular weight is 355 g/mol. The topological polar surface area (TPSA) is 87.5 Å². The summed E-state index contributed by atoms with van der Waals surface area (Å²) < 4.78 is 1.97. The van der Waals surface area contributed by atoms with E-state index in [1.165, 1.54) is 0 Å². The lowest BCUT2D eigenvalue weighted by atomic mass is 10.3. The highest BCUT2D eigenvalue weighted by Crippen LogP contribution is 2.07. The molecular formula is C20H17N7. The highest BCUT2D eigenvalue weighted by Gasteiger charge is 1.91. The van der Waals surface area contributed by atoms with E-state index >= 15 is 0 Å². The van der Waals surface area contributed by atoms with Gasteiger partial charge in [0.2, 0.25) is 0 Å². The second-order valence-corrected chi connectivity index (χ2v) is 5.70. The summed E-state index contributed by atoms with van der Waals surface area (Å²) in [6, 6.07) is 21.7. The Hall–Kier alpha value is -4.00. The molecule has 0 spiro atoms. The Bertz CT molecular complexity index is 1000. The van der Waals surface area contributed by atoms with Crippen molar-refractivity contribution in [1.82, 2.24) is 35.0 Å². The molecule has 7 heteroatoms. The Morgan fingerprint density at radius 3 is 2.26 bits per heavy atom. The van der Waals surface area contributed by atoms with E-state index in [2.05, 4.69) is 30.6 Å². The van der Waals surface area contributed by atoms with Gasteiger partial charge in [-0.05, 0) is 30.3 Å². The van der Waals surface area contributed by atoms with Crippen molar-refractivity contribution in [3.8, 4) is 0 Å². The van der Waals surface area contributed by atoms with Gasteiger partial charge in [0.25, 0.3) is 0 Å². The number of benzene rings is 2. The third kappa shape index (κ3) is 3.98. The number of rotatable bonds is 0. The molecule has 0 unspecified atom stereocenters. The summed E-state index contributed by atoms with van der Waals surface area (Å²) in [5.74, 6) is 0. The van der Waals surface area contributed by atoms with Gasteiger partial charge in [-0.15, -0.1) is 0 Å². The number of aromatic amines is 2. The van der Waals surface area contributed by atoms with Crippen molar-refractivity contribution < 1.29 is 0 Å². The second-order valence-electron chi connectivity index (χ2n) is 5.70. The number of H-pyrrole nitrogens is 2. The molecule has 0 aliphatic carbocycles. The molecule has 6 rings (SSSR count). The van der Waals surface area contributed by atoms with E-state index in [0.29, 0.717) is 0 Å². The van der Waals surface area contributed by atoms with Crippen molar-refractivity contribution in [2.45, 2.75) is 0 Å². The van der Waals surface area contributed by atoms with Crippen LogP contribution >= 0.6 is 0 Å². The third-order valence-electron chi connectivity index (χ3n) is 3.89. The third-order valence-corrected chi connectivity index (χ3v) is 3.89. The molecule has 2 aromatic carbocycles. The van der Waals surface area contributed by atoms with Crippen LogP contribution in [0.25, 0.3) is 27.5 Å².